The standard InChI is InChI=1S/C13H17N3O4/c14-8-11(9-15-10-12-2-1-7-20-12)13(19)16(3-5-17)4-6-18/h1-2,7,9,15,17-18H,3-6,10H2/b11-9-. The average molecular weight is 279 g/mol. The number of furan rings is 1. The summed E-state index contributed by atoms with van der Waals surface area (Å²) in [4.78, 5) is 13.2. The number of rotatable bonds is 8. The SMILES string of the molecule is N#C/C(=C/NCc1ccco1)C(=O)N(CCO)CCO. The number of hydrogen-bond acceptors (Lipinski definition) is 6. The van der Waals surface area contributed by atoms with Gasteiger partial charge < -0.3 is 24.8 Å². The summed E-state index contributed by atoms with van der Waals surface area (Å²) in [6.07, 6.45) is 2.83. The van der Waals surface area contributed by atoms with Crippen molar-refractivity contribution in [3.8, 4) is 6.07 Å². The van der Waals surface area contributed by atoms with Crippen LogP contribution in [0, 0.1) is 11.3 Å². The molecule has 0 aromatic carbocycles. The molecule has 7 heteroatoms. The highest BCUT2D eigenvalue weighted by atomic mass is 16.3. The Labute approximate surface area is 116 Å². The fraction of sp³-hybridized carbons (Fsp3) is 0.385. The first-order valence-corrected chi connectivity index (χ1v) is 6.10. The van der Waals surface area contributed by atoms with Crippen molar-refractivity contribution in [2.24, 2.45) is 0 Å². The molecular weight excluding hydrogens is 262 g/mol. The highest BCUT2D eigenvalue weighted by molar-refractivity contribution is 5.97. The number of carbonyl (C=O) groups excluding carboxylic acids is 1. The van der Waals surface area contributed by atoms with Gasteiger partial charge in [-0.3, -0.25) is 4.79 Å². The van der Waals surface area contributed by atoms with Gasteiger partial charge in [-0.1, -0.05) is 0 Å². The van der Waals surface area contributed by atoms with Gasteiger partial charge in [-0.15, -0.1) is 0 Å². The van der Waals surface area contributed by atoms with E-state index in [0.29, 0.717) is 12.3 Å². The van der Waals surface area contributed by atoms with Crippen molar-refractivity contribution in [1.82, 2.24) is 10.2 Å². The van der Waals surface area contributed by atoms with E-state index in [0.717, 1.165) is 0 Å². The lowest BCUT2D eigenvalue weighted by Gasteiger charge is -2.19. The Bertz CT molecular complexity index is 470. The lowest BCUT2D eigenvalue weighted by atomic mass is 10.2. The smallest absolute Gasteiger partial charge is 0.266 e. The van der Waals surface area contributed by atoms with Crippen LogP contribution in [0.5, 0.6) is 0 Å². The molecule has 0 spiro atoms. The molecule has 1 rings (SSSR count). The van der Waals surface area contributed by atoms with E-state index in [2.05, 4.69) is 5.32 Å². The Hall–Kier alpha value is -2.30. The minimum Gasteiger partial charge on any atom is -0.467 e. The Morgan fingerprint density at radius 1 is 1.45 bits per heavy atom. The third-order valence-corrected chi connectivity index (χ3v) is 2.48. The fourth-order valence-corrected chi connectivity index (χ4v) is 1.54. The van der Waals surface area contributed by atoms with E-state index in [-0.39, 0.29) is 31.9 Å². The first-order chi connectivity index (χ1) is 9.72. The molecule has 1 amide bonds. The second-order valence-corrected chi connectivity index (χ2v) is 3.87. The second kappa shape index (κ2) is 8.74. The molecule has 1 aromatic heterocycles. The monoisotopic (exact) mass is 279 g/mol. The van der Waals surface area contributed by atoms with Crippen LogP contribution in [0.2, 0.25) is 0 Å². The van der Waals surface area contributed by atoms with Crippen LogP contribution in [-0.2, 0) is 11.3 Å². The molecule has 7 nitrogen and oxygen atoms in total. The summed E-state index contributed by atoms with van der Waals surface area (Å²) in [6, 6.07) is 5.29. The maximum Gasteiger partial charge on any atom is 0.266 e. The van der Waals surface area contributed by atoms with E-state index in [4.69, 9.17) is 19.9 Å². The van der Waals surface area contributed by atoms with E-state index >= 15 is 0 Å². The number of amides is 1. The molecule has 1 aromatic rings. The van der Waals surface area contributed by atoms with Gasteiger partial charge >= 0.3 is 0 Å². The minimum absolute atomic E-state index is 0.0661. The fourth-order valence-electron chi connectivity index (χ4n) is 1.54. The molecular formula is C13H17N3O4. The van der Waals surface area contributed by atoms with Crippen molar-refractivity contribution in [2.45, 2.75) is 6.54 Å². The van der Waals surface area contributed by atoms with E-state index in [1.54, 1.807) is 18.2 Å². The molecule has 0 fully saturated rings. The summed E-state index contributed by atoms with van der Waals surface area (Å²) in [5, 5.41) is 29.5. The Morgan fingerprint density at radius 2 is 2.15 bits per heavy atom. The molecule has 20 heavy (non-hydrogen) atoms. The van der Waals surface area contributed by atoms with Crippen LogP contribution in [0.3, 0.4) is 0 Å². The molecule has 0 saturated carbocycles. The molecule has 0 aliphatic rings. The van der Waals surface area contributed by atoms with E-state index in [1.807, 2.05) is 0 Å². The number of carbonyl (C=O) groups is 1. The molecule has 3 N–H and O–H groups in total. The zero-order chi connectivity index (χ0) is 14.8. The molecule has 0 bridgehead atoms. The van der Waals surface area contributed by atoms with Gasteiger partial charge in [0.05, 0.1) is 26.0 Å². The summed E-state index contributed by atoms with van der Waals surface area (Å²) >= 11 is 0. The van der Waals surface area contributed by atoms with Crippen molar-refractivity contribution in [3.63, 3.8) is 0 Å². The number of nitrogens with zero attached hydrogens (tertiary/aromatic N) is 2. The average Bonchev–Trinajstić information content (AvgIpc) is 2.96. The van der Waals surface area contributed by atoms with Gasteiger partial charge in [-0.2, -0.15) is 5.26 Å². The second-order valence-electron chi connectivity index (χ2n) is 3.87. The largest absolute Gasteiger partial charge is 0.467 e. The zero-order valence-electron chi connectivity index (χ0n) is 11.0. The number of nitriles is 1. The summed E-state index contributed by atoms with van der Waals surface area (Å²) in [7, 11) is 0. The maximum absolute atomic E-state index is 12.0. The van der Waals surface area contributed by atoms with Crippen LogP contribution in [-0.4, -0.2) is 47.3 Å². The number of aliphatic hydroxyl groups excluding tert-OH is 2. The maximum atomic E-state index is 12.0. The molecule has 1 heterocycles. The molecule has 0 saturated heterocycles. The highest BCUT2D eigenvalue weighted by Crippen LogP contribution is 2.02. The van der Waals surface area contributed by atoms with Crippen molar-refractivity contribution >= 4 is 5.91 Å². The molecule has 0 atom stereocenters. The van der Waals surface area contributed by atoms with Gasteiger partial charge in [0.25, 0.3) is 5.91 Å². The third kappa shape index (κ3) is 4.76. The third-order valence-electron chi connectivity index (χ3n) is 2.48. The quantitative estimate of drug-likeness (QED) is 0.441. The van der Waals surface area contributed by atoms with Crippen molar-refractivity contribution in [2.75, 3.05) is 26.3 Å². The number of aliphatic hydroxyl groups is 2. The molecule has 0 radical (unpaired) electrons. The summed E-state index contributed by atoms with van der Waals surface area (Å²) < 4.78 is 5.10. The summed E-state index contributed by atoms with van der Waals surface area (Å²) in [5.41, 5.74) is -0.0987. The Morgan fingerprint density at radius 3 is 2.65 bits per heavy atom. The van der Waals surface area contributed by atoms with Gasteiger partial charge in [-0.05, 0) is 12.1 Å². The van der Waals surface area contributed by atoms with Crippen LogP contribution < -0.4 is 5.32 Å². The van der Waals surface area contributed by atoms with Crippen LogP contribution in [0.15, 0.2) is 34.6 Å². The van der Waals surface area contributed by atoms with Crippen molar-refractivity contribution in [3.05, 3.63) is 35.9 Å². The van der Waals surface area contributed by atoms with Crippen molar-refractivity contribution < 1.29 is 19.4 Å². The van der Waals surface area contributed by atoms with E-state index in [9.17, 15) is 4.79 Å². The normalized spacial score (nSPS) is 10.9. The highest BCUT2D eigenvalue weighted by Gasteiger charge is 2.17. The van der Waals surface area contributed by atoms with Gasteiger partial charge in [0.2, 0.25) is 0 Å². The lowest BCUT2D eigenvalue weighted by molar-refractivity contribution is -0.127. The zero-order valence-corrected chi connectivity index (χ0v) is 11.0. The van der Waals surface area contributed by atoms with Crippen LogP contribution in [0.25, 0.3) is 0 Å². The van der Waals surface area contributed by atoms with E-state index < -0.39 is 5.91 Å². The molecule has 0 unspecified atom stereocenters. The Balaban J connectivity index is 2.62. The van der Waals surface area contributed by atoms with Gasteiger partial charge in [0, 0.05) is 19.3 Å². The predicted molar refractivity (Wildman–Crippen MR) is 70.0 cm³/mol. The minimum atomic E-state index is -0.539. The number of hydrogen-bond donors (Lipinski definition) is 3. The van der Waals surface area contributed by atoms with Crippen LogP contribution in [0.4, 0.5) is 0 Å². The Kier molecular flexibility index (Phi) is 6.89. The lowest BCUT2D eigenvalue weighted by Crippen LogP contribution is -2.37. The summed E-state index contributed by atoms with van der Waals surface area (Å²) in [6.45, 7) is 0.0210. The topological polar surface area (TPSA) is 110 Å². The van der Waals surface area contributed by atoms with Crippen molar-refractivity contribution in [1.29, 1.82) is 5.26 Å². The summed E-state index contributed by atoms with van der Waals surface area (Å²) in [5.74, 6) is 0.135. The first-order valence-electron chi connectivity index (χ1n) is 6.10. The van der Waals surface area contributed by atoms with E-state index in [1.165, 1.54) is 17.4 Å². The van der Waals surface area contributed by atoms with Crippen LogP contribution >= 0.6 is 0 Å². The van der Waals surface area contributed by atoms with Crippen LogP contribution in [0.1, 0.15) is 5.76 Å². The molecule has 0 aliphatic carbocycles. The predicted octanol–water partition coefficient (Wildman–Crippen LogP) is -0.410. The van der Waals surface area contributed by atoms with Gasteiger partial charge in [-0.25, -0.2) is 0 Å². The van der Waals surface area contributed by atoms with Gasteiger partial charge in [0.1, 0.15) is 17.4 Å². The molecule has 108 valence electrons. The first kappa shape index (κ1) is 15.8. The van der Waals surface area contributed by atoms with Gasteiger partial charge in [0.15, 0.2) is 0 Å². The molecule has 0 aliphatic heterocycles. The number of nitrogens with one attached hydrogen (secondary N) is 1.